The van der Waals surface area contributed by atoms with Crippen molar-refractivity contribution in [2.24, 2.45) is 15.8 Å². The molecule has 0 aliphatic rings. The fourth-order valence-electron chi connectivity index (χ4n) is 2.47. The third-order valence-electron chi connectivity index (χ3n) is 3.90. The monoisotopic (exact) mass is 329 g/mol. The molecule has 0 saturated carbocycles. The summed E-state index contributed by atoms with van der Waals surface area (Å²) in [7, 11) is 0. The number of H-pyrrole nitrogens is 1. The molecule has 0 amide bonds. The largest absolute Gasteiger partial charge is 0.392 e. The van der Waals surface area contributed by atoms with Crippen molar-refractivity contribution in [3.8, 4) is 0 Å². The Bertz CT molecular complexity index is 704. The van der Waals surface area contributed by atoms with Gasteiger partial charge in [-0.3, -0.25) is 4.99 Å². The zero-order valence-electron chi connectivity index (χ0n) is 14.5. The van der Waals surface area contributed by atoms with Gasteiger partial charge >= 0.3 is 0 Å². The summed E-state index contributed by atoms with van der Waals surface area (Å²) in [5.74, 6) is 0.445. The number of unbranched alkanes of at least 4 members (excludes halogenated alkanes) is 2. The summed E-state index contributed by atoms with van der Waals surface area (Å²) in [4.78, 5) is 7.59. The number of fused-ring (bicyclic) bond motifs is 1. The number of benzene rings is 1. The Hall–Kier alpha value is -2.34. The number of hydrogen-bond acceptors (Lipinski definition) is 3. The van der Waals surface area contributed by atoms with E-state index < -0.39 is 0 Å². The zero-order valence-corrected chi connectivity index (χ0v) is 14.5. The summed E-state index contributed by atoms with van der Waals surface area (Å²) < 4.78 is 0. The van der Waals surface area contributed by atoms with E-state index in [-0.39, 0.29) is 6.61 Å². The van der Waals surface area contributed by atoms with Crippen molar-refractivity contribution in [2.45, 2.75) is 39.7 Å². The first-order valence-electron chi connectivity index (χ1n) is 8.51. The second-order valence-electron chi connectivity index (χ2n) is 5.69. The van der Waals surface area contributed by atoms with Crippen molar-refractivity contribution in [2.75, 3.05) is 13.1 Å². The van der Waals surface area contributed by atoms with Crippen molar-refractivity contribution in [3.63, 3.8) is 0 Å². The van der Waals surface area contributed by atoms with Gasteiger partial charge in [-0.05, 0) is 31.0 Å². The molecule has 1 heterocycles. The lowest BCUT2D eigenvalue weighted by molar-refractivity contribution is 0.282. The van der Waals surface area contributed by atoms with E-state index in [0.717, 1.165) is 41.4 Å². The first-order chi connectivity index (χ1) is 11.7. The van der Waals surface area contributed by atoms with E-state index >= 15 is 0 Å². The highest BCUT2D eigenvalue weighted by Gasteiger charge is 2.05. The van der Waals surface area contributed by atoms with Crippen LogP contribution in [0.2, 0.25) is 0 Å². The summed E-state index contributed by atoms with van der Waals surface area (Å²) in [6, 6.07) is 5.82. The van der Waals surface area contributed by atoms with Gasteiger partial charge in [-0.2, -0.15) is 5.10 Å². The van der Waals surface area contributed by atoms with Gasteiger partial charge < -0.3 is 15.8 Å². The lowest BCUT2D eigenvalue weighted by Crippen LogP contribution is -2.33. The maximum absolute atomic E-state index is 9.29. The Kier molecular flexibility index (Phi) is 6.81. The highest BCUT2D eigenvalue weighted by molar-refractivity contribution is 5.99. The molecule has 0 bridgehead atoms. The van der Waals surface area contributed by atoms with E-state index in [1.54, 1.807) is 11.2 Å². The van der Waals surface area contributed by atoms with Gasteiger partial charge in [0.05, 0.1) is 12.8 Å². The average Bonchev–Trinajstić information content (AvgIpc) is 3.01. The number of rotatable bonds is 8. The summed E-state index contributed by atoms with van der Waals surface area (Å²) in [5.41, 5.74) is 8.87. The predicted molar refractivity (Wildman–Crippen MR) is 100 cm³/mol. The number of aliphatic hydroxyl groups excluding tert-OH is 1. The van der Waals surface area contributed by atoms with E-state index in [1.807, 2.05) is 31.3 Å². The van der Waals surface area contributed by atoms with Gasteiger partial charge in [0.25, 0.3) is 0 Å². The lowest BCUT2D eigenvalue weighted by Gasteiger charge is -2.15. The first kappa shape index (κ1) is 18.0. The lowest BCUT2D eigenvalue weighted by atomic mass is 10.1. The van der Waals surface area contributed by atoms with Crippen LogP contribution < -0.4 is 5.73 Å². The number of nitrogens with one attached hydrogen (secondary N) is 1. The van der Waals surface area contributed by atoms with Crippen LogP contribution in [0.15, 0.2) is 34.5 Å². The SMILES string of the molecule is CCCCCN=C(N)N(CC)N=Cc1c[nH]c2ccc(CO)cc12. The van der Waals surface area contributed by atoms with Crippen molar-refractivity contribution in [1.29, 1.82) is 0 Å². The molecule has 4 N–H and O–H groups in total. The number of aromatic amines is 1. The molecule has 0 atom stereocenters. The van der Waals surface area contributed by atoms with E-state index in [2.05, 4.69) is 22.0 Å². The average molecular weight is 329 g/mol. The third kappa shape index (κ3) is 4.58. The topological polar surface area (TPSA) is 90.0 Å². The van der Waals surface area contributed by atoms with E-state index in [4.69, 9.17) is 5.73 Å². The molecule has 2 aromatic rings. The van der Waals surface area contributed by atoms with Crippen molar-refractivity contribution >= 4 is 23.1 Å². The molecule has 0 spiro atoms. The maximum Gasteiger partial charge on any atom is 0.212 e. The molecule has 0 fully saturated rings. The highest BCUT2D eigenvalue weighted by atomic mass is 16.3. The Morgan fingerprint density at radius 2 is 2.17 bits per heavy atom. The van der Waals surface area contributed by atoms with Gasteiger partial charge in [-0.1, -0.05) is 25.8 Å². The normalized spacial score (nSPS) is 12.4. The summed E-state index contributed by atoms with van der Waals surface area (Å²) in [6.07, 6.45) is 7.05. The van der Waals surface area contributed by atoms with Crippen LogP contribution in [0.3, 0.4) is 0 Å². The van der Waals surface area contributed by atoms with Crippen LogP contribution in [0.4, 0.5) is 0 Å². The Balaban J connectivity index is 2.12. The number of aromatic nitrogens is 1. The predicted octanol–water partition coefficient (Wildman–Crippen LogP) is 2.82. The van der Waals surface area contributed by atoms with Gasteiger partial charge in [0.15, 0.2) is 0 Å². The minimum absolute atomic E-state index is 0.0240. The van der Waals surface area contributed by atoms with Crippen LogP contribution in [0.1, 0.15) is 44.2 Å². The first-order valence-corrected chi connectivity index (χ1v) is 8.51. The fourth-order valence-corrected chi connectivity index (χ4v) is 2.47. The van der Waals surface area contributed by atoms with Crippen LogP contribution in [-0.4, -0.2) is 40.4 Å². The molecule has 1 aromatic carbocycles. The molecule has 6 heteroatoms. The van der Waals surface area contributed by atoms with Crippen LogP contribution in [-0.2, 0) is 6.61 Å². The van der Waals surface area contributed by atoms with Crippen LogP contribution in [0, 0.1) is 0 Å². The molecule has 130 valence electrons. The number of aliphatic imine (C=N–C) groups is 1. The molecular weight excluding hydrogens is 302 g/mol. The highest BCUT2D eigenvalue weighted by Crippen LogP contribution is 2.18. The van der Waals surface area contributed by atoms with E-state index in [9.17, 15) is 5.11 Å². The third-order valence-corrected chi connectivity index (χ3v) is 3.90. The standard InChI is InChI=1S/C18H27N5O/c1-3-5-6-9-20-18(19)23(4-2)22-12-15-11-21-17-8-7-14(13-24)10-16(15)17/h7-8,10-12,21,24H,3-6,9,13H2,1-2H3,(H2,19,20). The second-order valence-corrected chi connectivity index (χ2v) is 5.69. The minimum Gasteiger partial charge on any atom is -0.392 e. The molecule has 24 heavy (non-hydrogen) atoms. The number of guanidine groups is 1. The number of hydrazone groups is 1. The molecule has 0 aliphatic carbocycles. The quantitative estimate of drug-likeness (QED) is 0.301. The van der Waals surface area contributed by atoms with Crippen LogP contribution in [0.25, 0.3) is 10.9 Å². The number of nitrogens with zero attached hydrogens (tertiary/aromatic N) is 3. The molecule has 0 saturated heterocycles. The van der Waals surface area contributed by atoms with Gasteiger partial charge in [0.2, 0.25) is 5.96 Å². The Labute approximate surface area is 143 Å². The second kappa shape index (κ2) is 9.08. The van der Waals surface area contributed by atoms with Crippen molar-refractivity contribution in [3.05, 3.63) is 35.5 Å². The maximum atomic E-state index is 9.29. The smallest absolute Gasteiger partial charge is 0.212 e. The molecule has 0 radical (unpaired) electrons. The van der Waals surface area contributed by atoms with Crippen molar-refractivity contribution < 1.29 is 5.11 Å². The Morgan fingerprint density at radius 3 is 2.88 bits per heavy atom. The molecule has 1 aromatic heterocycles. The molecule has 2 rings (SSSR count). The van der Waals surface area contributed by atoms with Gasteiger partial charge in [-0.15, -0.1) is 0 Å². The van der Waals surface area contributed by atoms with E-state index in [1.165, 1.54) is 6.42 Å². The summed E-state index contributed by atoms with van der Waals surface area (Å²) >= 11 is 0. The zero-order chi connectivity index (χ0) is 17.4. The van der Waals surface area contributed by atoms with Gasteiger partial charge in [0.1, 0.15) is 0 Å². The minimum atomic E-state index is 0.0240. The molecule has 0 aliphatic heterocycles. The van der Waals surface area contributed by atoms with Gasteiger partial charge in [0, 0.05) is 35.8 Å². The van der Waals surface area contributed by atoms with Crippen molar-refractivity contribution in [1.82, 2.24) is 9.99 Å². The number of nitrogens with two attached hydrogens (primary N) is 1. The Morgan fingerprint density at radius 1 is 1.33 bits per heavy atom. The summed E-state index contributed by atoms with van der Waals surface area (Å²) in [6.45, 7) is 5.57. The van der Waals surface area contributed by atoms with E-state index in [0.29, 0.717) is 12.5 Å². The molecule has 6 nitrogen and oxygen atoms in total. The van der Waals surface area contributed by atoms with Crippen LogP contribution in [0.5, 0.6) is 0 Å². The molecular formula is C18H27N5O. The fraction of sp³-hybridized carbons (Fsp3) is 0.444. The number of aliphatic hydroxyl groups is 1. The number of hydrogen-bond donors (Lipinski definition) is 3. The molecule has 0 unspecified atom stereocenters. The van der Waals surface area contributed by atoms with Crippen LogP contribution >= 0.6 is 0 Å². The van der Waals surface area contributed by atoms with Gasteiger partial charge in [-0.25, -0.2) is 5.01 Å². The summed E-state index contributed by atoms with van der Waals surface area (Å²) in [5, 5.41) is 16.5.